The van der Waals surface area contributed by atoms with Crippen LogP contribution in [0, 0.1) is 0 Å². The molecule has 1 heterocycles. The summed E-state index contributed by atoms with van der Waals surface area (Å²) in [5, 5.41) is 6.69. The summed E-state index contributed by atoms with van der Waals surface area (Å²) in [5.74, 6) is 1.18. The highest BCUT2D eigenvalue weighted by molar-refractivity contribution is 8.00. The number of carbonyl (C=O) groups excluding carboxylic acids is 1. The minimum absolute atomic E-state index is 0.448. The van der Waals surface area contributed by atoms with Gasteiger partial charge in [0.05, 0.1) is 0 Å². The third kappa shape index (κ3) is 4.38. The van der Waals surface area contributed by atoms with Gasteiger partial charge in [0.1, 0.15) is 0 Å². The van der Waals surface area contributed by atoms with Gasteiger partial charge in [-0.3, -0.25) is 0 Å². The Morgan fingerprint density at radius 3 is 2.92 bits per heavy atom. The second kappa shape index (κ2) is 5.34. The number of thioether (sulfide) groups is 1. The smallest absolute Gasteiger partial charge is 0.312 e. The van der Waals surface area contributed by atoms with E-state index >= 15 is 0 Å². The summed E-state index contributed by atoms with van der Waals surface area (Å²) in [6.07, 6.45) is 1.22. The zero-order chi connectivity index (χ0) is 9.68. The molecule has 4 nitrogen and oxygen atoms in total. The Bertz CT molecular complexity index is 177. The number of carbonyl (C=O) groups is 1. The second-order valence-corrected chi connectivity index (χ2v) is 4.79. The molecule has 0 radical (unpaired) electrons. The highest BCUT2D eigenvalue weighted by Crippen LogP contribution is 2.25. The predicted octanol–water partition coefficient (Wildman–Crippen LogP) is 0.138. The highest BCUT2D eigenvalue weighted by Gasteiger charge is 2.20. The van der Waals surface area contributed by atoms with Gasteiger partial charge in [-0.05, 0) is 6.42 Å². The van der Waals surface area contributed by atoms with Crippen LogP contribution in [0.15, 0.2) is 0 Å². The van der Waals surface area contributed by atoms with Gasteiger partial charge in [-0.2, -0.15) is 11.8 Å². The Kier molecular flexibility index (Phi) is 4.38. The van der Waals surface area contributed by atoms with Crippen molar-refractivity contribution >= 4 is 17.8 Å². The Labute approximate surface area is 83.0 Å². The van der Waals surface area contributed by atoms with E-state index in [2.05, 4.69) is 17.6 Å². The molecule has 13 heavy (non-hydrogen) atoms. The zero-order valence-corrected chi connectivity index (χ0v) is 8.69. The van der Waals surface area contributed by atoms with Gasteiger partial charge in [-0.25, -0.2) is 4.79 Å². The maximum Gasteiger partial charge on any atom is 0.312 e. The van der Waals surface area contributed by atoms with Crippen LogP contribution in [0.1, 0.15) is 13.3 Å². The van der Waals surface area contributed by atoms with Crippen molar-refractivity contribution in [3.8, 4) is 0 Å². The van der Waals surface area contributed by atoms with Gasteiger partial charge < -0.3 is 16.4 Å². The molecule has 1 saturated heterocycles. The number of nitrogens with two attached hydrogens (primary N) is 1. The van der Waals surface area contributed by atoms with Gasteiger partial charge in [0.2, 0.25) is 0 Å². The standard InChI is InChI=1S/C8H17N3OS/c1-6-4-7(5-13-6)10-2-3-11-8(9)12/h6-7,10H,2-5H2,1H3,(H3,9,11,12). The van der Waals surface area contributed by atoms with Crippen molar-refractivity contribution in [3.05, 3.63) is 0 Å². The third-order valence-electron chi connectivity index (χ3n) is 2.06. The van der Waals surface area contributed by atoms with Gasteiger partial charge in [-0.15, -0.1) is 0 Å². The molecule has 0 spiro atoms. The quantitative estimate of drug-likeness (QED) is 0.569. The summed E-state index contributed by atoms with van der Waals surface area (Å²) in [5.41, 5.74) is 4.93. The van der Waals surface area contributed by atoms with Crippen LogP contribution in [-0.4, -0.2) is 36.2 Å². The van der Waals surface area contributed by atoms with Crippen LogP contribution in [-0.2, 0) is 0 Å². The summed E-state index contributed by atoms with van der Waals surface area (Å²) in [6, 6.07) is 0.158. The lowest BCUT2D eigenvalue weighted by molar-refractivity contribution is 0.249. The second-order valence-electron chi connectivity index (χ2n) is 3.32. The van der Waals surface area contributed by atoms with Crippen LogP contribution in [0.2, 0.25) is 0 Å². The van der Waals surface area contributed by atoms with Crippen molar-refractivity contribution in [2.45, 2.75) is 24.6 Å². The molecule has 2 unspecified atom stereocenters. The van der Waals surface area contributed by atoms with E-state index in [1.165, 1.54) is 12.2 Å². The summed E-state index contributed by atoms with van der Waals surface area (Å²) in [4.78, 5) is 10.3. The predicted molar refractivity (Wildman–Crippen MR) is 55.9 cm³/mol. The van der Waals surface area contributed by atoms with Crippen molar-refractivity contribution in [1.29, 1.82) is 0 Å². The first-order chi connectivity index (χ1) is 6.18. The zero-order valence-electron chi connectivity index (χ0n) is 7.88. The fourth-order valence-electron chi connectivity index (χ4n) is 1.42. The van der Waals surface area contributed by atoms with E-state index < -0.39 is 6.03 Å². The first-order valence-electron chi connectivity index (χ1n) is 4.57. The van der Waals surface area contributed by atoms with E-state index in [1.807, 2.05) is 11.8 Å². The maximum absolute atomic E-state index is 10.3. The monoisotopic (exact) mass is 203 g/mol. The molecular weight excluding hydrogens is 186 g/mol. The van der Waals surface area contributed by atoms with Crippen LogP contribution in [0.3, 0.4) is 0 Å². The molecule has 0 bridgehead atoms. The average Bonchev–Trinajstić information content (AvgIpc) is 2.45. The first-order valence-corrected chi connectivity index (χ1v) is 5.61. The molecular formula is C8H17N3OS. The highest BCUT2D eigenvalue weighted by atomic mass is 32.2. The van der Waals surface area contributed by atoms with Gasteiger partial charge in [0, 0.05) is 30.1 Å². The van der Waals surface area contributed by atoms with Crippen molar-refractivity contribution < 1.29 is 4.79 Å². The van der Waals surface area contributed by atoms with Crippen molar-refractivity contribution in [2.24, 2.45) is 5.73 Å². The summed E-state index contributed by atoms with van der Waals surface area (Å²) < 4.78 is 0. The molecule has 5 heteroatoms. The molecule has 0 aromatic carbocycles. The third-order valence-corrected chi connectivity index (χ3v) is 3.41. The van der Waals surface area contributed by atoms with Crippen LogP contribution >= 0.6 is 11.8 Å². The molecule has 0 aliphatic carbocycles. The number of primary amides is 1. The minimum Gasteiger partial charge on any atom is -0.352 e. The van der Waals surface area contributed by atoms with Gasteiger partial charge in [0.25, 0.3) is 0 Å². The SMILES string of the molecule is CC1CC(NCCNC(N)=O)CS1. The molecule has 2 amide bonds. The molecule has 0 aromatic rings. The van der Waals surface area contributed by atoms with Crippen LogP contribution in [0.4, 0.5) is 4.79 Å². The van der Waals surface area contributed by atoms with E-state index in [9.17, 15) is 4.79 Å². The fourth-order valence-corrected chi connectivity index (χ4v) is 2.60. The van der Waals surface area contributed by atoms with Gasteiger partial charge >= 0.3 is 6.03 Å². The van der Waals surface area contributed by atoms with Crippen molar-refractivity contribution in [1.82, 2.24) is 10.6 Å². The van der Waals surface area contributed by atoms with Crippen molar-refractivity contribution in [3.63, 3.8) is 0 Å². The Morgan fingerprint density at radius 2 is 2.38 bits per heavy atom. The normalized spacial score (nSPS) is 27.5. The average molecular weight is 203 g/mol. The summed E-state index contributed by atoms with van der Waals surface area (Å²) >= 11 is 2.00. The Hall–Kier alpha value is -0.420. The van der Waals surface area contributed by atoms with E-state index in [4.69, 9.17) is 5.73 Å². The summed E-state index contributed by atoms with van der Waals surface area (Å²) in [7, 11) is 0. The van der Waals surface area contributed by atoms with Gasteiger partial charge in [-0.1, -0.05) is 6.92 Å². The number of hydrogen-bond donors (Lipinski definition) is 3. The molecule has 2 atom stereocenters. The first kappa shape index (κ1) is 10.7. The lowest BCUT2D eigenvalue weighted by atomic mass is 10.2. The van der Waals surface area contributed by atoms with Crippen LogP contribution in [0.5, 0.6) is 0 Å². The number of hydrogen-bond acceptors (Lipinski definition) is 3. The molecule has 76 valence electrons. The molecule has 0 aromatic heterocycles. The number of urea groups is 1. The van der Waals surface area contributed by atoms with Crippen molar-refractivity contribution in [2.75, 3.05) is 18.8 Å². The van der Waals surface area contributed by atoms with Gasteiger partial charge in [0.15, 0.2) is 0 Å². The van der Waals surface area contributed by atoms with Crippen LogP contribution < -0.4 is 16.4 Å². The Morgan fingerprint density at radius 1 is 1.62 bits per heavy atom. The Balaban J connectivity index is 1.97. The molecule has 1 aliphatic rings. The molecule has 1 fully saturated rings. The molecule has 4 N–H and O–H groups in total. The molecule has 1 aliphatic heterocycles. The number of rotatable bonds is 4. The van der Waals surface area contributed by atoms with Crippen LogP contribution in [0.25, 0.3) is 0 Å². The van der Waals surface area contributed by atoms with E-state index in [-0.39, 0.29) is 0 Å². The van der Waals surface area contributed by atoms with E-state index in [0.29, 0.717) is 12.6 Å². The fraction of sp³-hybridized carbons (Fsp3) is 0.875. The summed E-state index contributed by atoms with van der Waals surface area (Å²) in [6.45, 7) is 3.67. The number of nitrogens with one attached hydrogen (secondary N) is 2. The van der Waals surface area contributed by atoms with E-state index in [1.54, 1.807) is 0 Å². The number of amides is 2. The molecule has 1 rings (SSSR count). The largest absolute Gasteiger partial charge is 0.352 e. The lowest BCUT2D eigenvalue weighted by Gasteiger charge is -2.10. The molecule has 0 saturated carbocycles. The topological polar surface area (TPSA) is 67.2 Å². The lowest BCUT2D eigenvalue weighted by Crippen LogP contribution is -2.39. The maximum atomic E-state index is 10.3. The van der Waals surface area contributed by atoms with E-state index in [0.717, 1.165) is 11.8 Å². The minimum atomic E-state index is -0.448.